The Kier molecular flexibility index (Phi) is 5.45. The van der Waals surface area contributed by atoms with E-state index in [4.69, 9.17) is 5.73 Å². The maximum absolute atomic E-state index is 12.6. The second kappa shape index (κ2) is 8.33. The summed E-state index contributed by atoms with van der Waals surface area (Å²) in [4.78, 5) is 23.3. The molecular weight excluding hydrogens is 352 g/mol. The van der Waals surface area contributed by atoms with Crippen molar-refractivity contribution in [1.82, 2.24) is 25.5 Å². The lowest BCUT2D eigenvalue weighted by molar-refractivity contribution is 0.0950. The van der Waals surface area contributed by atoms with Gasteiger partial charge in [-0.1, -0.05) is 12.1 Å². The monoisotopic (exact) mass is 376 g/mol. The number of carbonyl (C=O) groups excluding carboxylic acids is 1. The summed E-state index contributed by atoms with van der Waals surface area (Å²) >= 11 is 0. The molecule has 1 aromatic carbocycles. The van der Waals surface area contributed by atoms with Crippen molar-refractivity contribution in [2.45, 2.75) is 13.1 Å². The molecule has 1 aliphatic heterocycles. The van der Waals surface area contributed by atoms with Crippen molar-refractivity contribution < 1.29 is 4.79 Å². The molecule has 0 unspecified atom stereocenters. The van der Waals surface area contributed by atoms with E-state index in [9.17, 15) is 4.79 Å². The number of benzene rings is 1. The largest absolute Gasteiger partial charge is 0.383 e. The Bertz CT molecular complexity index is 984. The average molecular weight is 376 g/mol. The van der Waals surface area contributed by atoms with Crippen molar-refractivity contribution in [3.8, 4) is 0 Å². The zero-order chi connectivity index (χ0) is 19.3. The number of hydrogen-bond donors (Lipinski definition) is 3. The van der Waals surface area contributed by atoms with E-state index in [-0.39, 0.29) is 5.91 Å². The van der Waals surface area contributed by atoms with Crippen LogP contribution in [0, 0.1) is 0 Å². The molecule has 1 amide bonds. The summed E-state index contributed by atoms with van der Waals surface area (Å²) in [5, 5.41) is 8.25. The average Bonchev–Trinajstić information content (AvgIpc) is 2.73. The number of nitrogen functional groups attached to an aromatic ring is 1. The lowest BCUT2D eigenvalue weighted by atomic mass is 10.1. The first-order valence-corrected chi connectivity index (χ1v) is 9.47. The lowest BCUT2D eigenvalue weighted by Crippen LogP contribution is -2.42. The van der Waals surface area contributed by atoms with Gasteiger partial charge in [0.25, 0.3) is 5.91 Å². The fraction of sp³-hybridized carbons (Fsp3) is 0.286. The number of amides is 1. The number of piperazine rings is 1. The van der Waals surface area contributed by atoms with Gasteiger partial charge in [0, 0.05) is 63.2 Å². The van der Waals surface area contributed by atoms with Crippen LogP contribution in [0.2, 0.25) is 0 Å². The zero-order valence-electron chi connectivity index (χ0n) is 15.7. The first kappa shape index (κ1) is 18.3. The first-order valence-electron chi connectivity index (χ1n) is 9.47. The van der Waals surface area contributed by atoms with Gasteiger partial charge in [0.05, 0.1) is 5.56 Å². The van der Waals surface area contributed by atoms with Crippen LogP contribution < -0.4 is 16.4 Å². The molecule has 1 aliphatic rings. The van der Waals surface area contributed by atoms with Crippen LogP contribution in [0.1, 0.15) is 21.5 Å². The second-order valence-corrected chi connectivity index (χ2v) is 7.04. The second-order valence-electron chi connectivity index (χ2n) is 7.04. The summed E-state index contributed by atoms with van der Waals surface area (Å²) in [6.07, 6.45) is 5.14. The number of nitrogens with one attached hydrogen (secondary N) is 2. The number of pyridine rings is 2. The molecule has 0 saturated carbocycles. The quantitative estimate of drug-likeness (QED) is 0.625. The number of nitrogens with zero attached hydrogens (tertiary/aromatic N) is 3. The van der Waals surface area contributed by atoms with Gasteiger partial charge in [-0.05, 0) is 34.7 Å². The van der Waals surface area contributed by atoms with Crippen molar-refractivity contribution in [2.24, 2.45) is 0 Å². The molecule has 4 N–H and O–H groups in total. The molecule has 0 atom stereocenters. The van der Waals surface area contributed by atoms with Crippen LogP contribution in [0.3, 0.4) is 0 Å². The molecule has 0 radical (unpaired) electrons. The third-order valence-corrected chi connectivity index (χ3v) is 4.99. The van der Waals surface area contributed by atoms with Gasteiger partial charge in [-0.25, -0.2) is 4.98 Å². The predicted octanol–water partition coefficient (Wildman–Crippen LogP) is 1.55. The van der Waals surface area contributed by atoms with E-state index in [1.807, 2.05) is 36.5 Å². The fourth-order valence-corrected chi connectivity index (χ4v) is 3.47. The number of hydrogen-bond acceptors (Lipinski definition) is 6. The van der Waals surface area contributed by atoms with Crippen molar-refractivity contribution in [2.75, 3.05) is 31.9 Å². The maximum atomic E-state index is 12.6. The van der Waals surface area contributed by atoms with Gasteiger partial charge in [0.15, 0.2) is 0 Å². The predicted molar refractivity (Wildman–Crippen MR) is 110 cm³/mol. The molecular formula is C21H24N6O. The number of fused-ring (bicyclic) bond motifs is 1. The molecule has 144 valence electrons. The van der Waals surface area contributed by atoms with Crippen molar-refractivity contribution in [1.29, 1.82) is 0 Å². The van der Waals surface area contributed by atoms with E-state index in [1.54, 1.807) is 12.4 Å². The summed E-state index contributed by atoms with van der Waals surface area (Å²) in [6.45, 7) is 5.29. The van der Waals surface area contributed by atoms with Gasteiger partial charge in [-0.2, -0.15) is 0 Å². The number of aromatic nitrogens is 2. The van der Waals surface area contributed by atoms with Crippen molar-refractivity contribution in [3.05, 3.63) is 65.6 Å². The summed E-state index contributed by atoms with van der Waals surface area (Å²) in [6, 6.07) is 9.76. The third-order valence-electron chi connectivity index (χ3n) is 4.99. The molecule has 3 aromatic rings. The fourth-order valence-electron chi connectivity index (χ4n) is 3.47. The molecule has 7 heteroatoms. The molecule has 0 spiro atoms. The highest BCUT2D eigenvalue weighted by Gasteiger charge is 2.12. The Hall–Kier alpha value is -3.03. The minimum atomic E-state index is -0.121. The SMILES string of the molecule is Nc1nccc2cc(CNC(=O)c3cncc(CN4CCNCC4)c3)ccc12. The van der Waals surface area contributed by atoms with E-state index >= 15 is 0 Å². The molecule has 4 rings (SSSR count). The Labute approximate surface area is 164 Å². The van der Waals surface area contributed by atoms with Gasteiger partial charge in [-0.3, -0.25) is 14.7 Å². The van der Waals surface area contributed by atoms with Gasteiger partial charge >= 0.3 is 0 Å². The number of carbonyl (C=O) groups is 1. The molecule has 28 heavy (non-hydrogen) atoms. The Balaban J connectivity index is 1.40. The minimum Gasteiger partial charge on any atom is -0.383 e. The van der Waals surface area contributed by atoms with Crippen LogP contribution in [0.5, 0.6) is 0 Å². The highest BCUT2D eigenvalue weighted by molar-refractivity contribution is 5.94. The van der Waals surface area contributed by atoms with Crippen LogP contribution in [-0.2, 0) is 13.1 Å². The van der Waals surface area contributed by atoms with Crippen LogP contribution >= 0.6 is 0 Å². The van der Waals surface area contributed by atoms with E-state index < -0.39 is 0 Å². The van der Waals surface area contributed by atoms with Crippen LogP contribution in [0.15, 0.2) is 48.9 Å². The third kappa shape index (κ3) is 4.27. The molecule has 7 nitrogen and oxygen atoms in total. The smallest absolute Gasteiger partial charge is 0.253 e. The maximum Gasteiger partial charge on any atom is 0.253 e. The summed E-state index contributed by atoms with van der Waals surface area (Å²) in [5.41, 5.74) is 8.55. The molecule has 0 bridgehead atoms. The first-order chi connectivity index (χ1) is 13.7. The van der Waals surface area contributed by atoms with Crippen LogP contribution in [0.25, 0.3) is 10.8 Å². The van der Waals surface area contributed by atoms with E-state index in [0.29, 0.717) is 17.9 Å². The highest BCUT2D eigenvalue weighted by atomic mass is 16.1. The topological polar surface area (TPSA) is 96.2 Å². The van der Waals surface area contributed by atoms with E-state index in [0.717, 1.165) is 54.6 Å². The van der Waals surface area contributed by atoms with Crippen LogP contribution in [0.4, 0.5) is 5.82 Å². The number of anilines is 1. The van der Waals surface area contributed by atoms with Gasteiger partial charge in [-0.15, -0.1) is 0 Å². The molecule has 2 aromatic heterocycles. The Morgan fingerprint density at radius 1 is 1.14 bits per heavy atom. The zero-order valence-corrected chi connectivity index (χ0v) is 15.7. The van der Waals surface area contributed by atoms with Crippen molar-refractivity contribution in [3.63, 3.8) is 0 Å². The summed E-state index contributed by atoms with van der Waals surface area (Å²) < 4.78 is 0. The molecule has 1 saturated heterocycles. The standard InChI is InChI=1S/C21H24N6O/c22-20-19-2-1-15(9-17(19)3-4-25-20)12-26-21(28)18-10-16(11-24-13-18)14-27-7-5-23-6-8-27/h1-4,9-11,13,23H,5-8,12,14H2,(H2,22,25)(H,26,28). The normalized spacial score (nSPS) is 14.9. The minimum absolute atomic E-state index is 0.121. The summed E-state index contributed by atoms with van der Waals surface area (Å²) in [7, 11) is 0. The Morgan fingerprint density at radius 2 is 2.00 bits per heavy atom. The number of rotatable bonds is 5. The molecule has 1 fully saturated rings. The summed E-state index contributed by atoms with van der Waals surface area (Å²) in [5.74, 6) is 0.393. The van der Waals surface area contributed by atoms with Gasteiger partial charge in [0.2, 0.25) is 0 Å². The van der Waals surface area contributed by atoms with Gasteiger partial charge < -0.3 is 16.4 Å². The number of nitrogens with two attached hydrogens (primary N) is 1. The Morgan fingerprint density at radius 3 is 2.86 bits per heavy atom. The van der Waals surface area contributed by atoms with E-state index in [1.165, 1.54) is 0 Å². The lowest BCUT2D eigenvalue weighted by Gasteiger charge is -2.27. The van der Waals surface area contributed by atoms with E-state index in [2.05, 4.69) is 25.5 Å². The highest BCUT2D eigenvalue weighted by Crippen LogP contribution is 2.20. The van der Waals surface area contributed by atoms with Gasteiger partial charge in [0.1, 0.15) is 5.82 Å². The molecule has 0 aliphatic carbocycles. The molecule has 3 heterocycles. The van der Waals surface area contributed by atoms with Crippen LogP contribution in [-0.4, -0.2) is 47.0 Å². The van der Waals surface area contributed by atoms with Crippen molar-refractivity contribution >= 4 is 22.5 Å².